The molecule has 0 aliphatic heterocycles. The zero-order valence-electron chi connectivity index (χ0n) is 12.1. The third-order valence-corrected chi connectivity index (χ3v) is 2.84. The van der Waals surface area contributed by atoms with Crippen molar-refractivity contribution >= 4 is 11.9 Å². The Morgan fingerprint density at radius 3 is 2.60 bits per heavy atom. The van der Waals surface area contributed by atoms with E-state index in [9.17, 15) is 9.59 Å². The minimum Gasteiger partial charge on any atom is -0.496 e. The molecular weight excluding hydrogens is 258 g/mol. The fourth-order valence-corrected chi connectivity index (χ4v) is 1.86. The van der Waals surface area contributed by atoms with Gasteiger partial charge in [0, 0.05) is 12.0 Å². The number of rotatable bonds is 7. The summed E-state index contributed by atoms with van der Waals surface area (Å²) in [5.41, 5.74) is 0.902. The van der Waals surface area contributed by atoms with E-state index in [1.807, 2.05) is 31.2 Å². The summed E-state index contributed by atoms with van der Waals surface area (Å²) in [6, 6.07) is 7.32. The first kappa shape index (κ1) is 16.0. The molecule has 5 nitrogen and oxygen atoms in total. The van der Waals surface area contributed by atoms with Crippen molar-refractivity contribution in [2.45, 2.75) is 32.7 Å². The lowest BCUT2D eigenvalue weighted by molar-refractivity contribution is -0.144. The van der Waals surface area contributed by atoms with Crippen LogP contribution in [0.3, 0.4) is 0 Å². The molecule has 0 aliphatic rings. The Morgan fingerprint density at radius 2 is 1.95 bits per heavy atom. The SMILES string of the molecule is CCOC(=O)CCC(=O)N[C@@H](C)c1ccccc1OC. The molecule has 0 fully saturated rings. The maximum absolute atomic E-state index is 11.8. The molecule has 110 valence electrons. The molecule has 1 atom stereocenters. The van der Waals surface area contributed by atoms with Crippen LogP contribution in [-0.4, -0.2) is 25.6 Å². The number of methoxy groups -OCH3 is 1. The van der Waals surface area contributed by atoms with Crippen molar-refractivity contribution in [1.29, 1.82) is 0 Å². The molecule has 0 aromatic heterocycles. The van der Waals surface area contributed by atoms with Crippen molar-refractivity contribution in [2.24, 2.45) is 0 Å². The van der Waals surface area contributed by atoms with Crippen LogP contribution in [0.1, 0.15) is 38.3 Å². The molecular formula is C15H21NO4. The van der Waals surface area contributed by atoms with Crippen molar-refractivity contribution in [3.05, 3.63) is 29.8 Å². The Kier molecular flexibility index (Phi) is 6.56. The molecule has 1 aromatic carbocycles. The smallest absolute Gasteiger partial charge is 0.306 e. The Balaban J connectivity index is 2.51. The Hall–Kier alpha value is -2.04. The quantitative estimate of drug-likeness (QED) is 0.777. The number of hydrogen-bond acceptors (Lipinski definition) is 4. The predicted molar refractivity (Wildman–Crippen MR) is 75.4 cm³/mol. The third kappa shape index (κ3) is 4.91. The van der Waals surface area contributed by atoms with Gasteiger partial charge < -0.3 is 14.8 Å². The molecule has 20 heavy (non-hydrogen) atoms. The number of carbonyl (C=O) groups excluding carboxylic acids is 2. The third-order valence-electron chi connectivity index (χ3n) is 2.84. The predicted octanol–water partition coefficient (Wildman–Crippen LogP) is 2.22. The van der Waals surface area contributed by atoms with Crippen LogP contribution in [0.2, 0.25) is 0 Å². The zero-order chi connectivity index (χ0) is 15.0. The standard InChI is InChI=1S/C15H21NO4/c1-4-20-15(18)10-9-14(17)16-11(2)12-7-5-6-8-13(12)19-3/h5-8,11H,4,9-10H2,1-3H3,(H,16,17)/t11-/m0/s1. The van der Waals surface area contributed by atoms with Gasteiger partial charge in [0.15, 0.2) is 0 Å². The zero-order valence-corrected chi connectivity index (χ0v) is 12.1. The Morgan fingerprint density at radius 1 is 1.25 bits per heavy atom. The maximum atomic E-state index is 11.8. The van der Waals surface area contributed by atoms with Crippen molar-refractivity contribution < 1.29 is 19.1 Å². The van der Waals surface area contributed by atoms with E-state index in [1.165, 1.54) is 0 Å². The summed E-state index contributed by atoms with van der Waals surface area (Å²) in [5.74, 6) is 0.190. The topological polar surface area (TPSA) is 64.6 Å². The lowest BCUT2D eigenvalue weighted by Gasteiger charge is -2.17. The van der Waals surface area contributed by atoms with Gasteiger partial charge in [0.1, 0.15) is 5.75 Å². The van der Waals surface area contributed by atoms with Gasteiger partial charge in [0.2, 0.25) is 5.91 Å². The molecule has 5 heteroatoms. The van der Waals surface area contributed by atoms with Crippen LogP contribution in [0.15, 0.2) is 24.3 Å². The second kappa shape index (κ2) is 8.19. The normalized spacial score (nSPS) is 11.6. The minimum absolute atomic E-state index is 0.0956. The number of esters is 1. The van der Waals surface area contributed by atoms with Gasteiger partial charge in [0.05, 0.1) is 26.2 Å². The average molecular weight is 279 g/mol. The number of amides is 1. The molecule has 0 saturated heterocycles. The molecule has 1 rings (SSSR count). The number of carbonyl (C=O) groups is 2. The Bertz CT molecular complexity index is 459. The van der Waals surface area contributed by atoms with Gasteiger partial charge in [-0.2, -0.15) is 0 Å². The highest BCUT2D eigenvalue weighted by Gasteiger charge is 2.14. The summed E-state index contributed by atoms with van der Waals surface area (Å²) in [7, 11) is 1.59. The Labute approximate surface area is 119 Å². The highest BCUT2D eigenvalue weighted by molar-refractivity contribution is 5.81. The average Bonchev–Trinajstić information content (AvgIpc) is 2.45. The first-order chi connectivity index (χ1) is 9.58. The largest absolute Gasteiger partial charge is 0.496 e. The summed E-state index contributed by atoms with van der Waals surface area (Å²) in [6.07, 6.45) is 0.219. The molecule has 0 saturated carbocycles. The van der Waals surface area contributed by atoms with E-state index < -0.39 is 0 Å². The molecule has 1 N–H and O–H groups in total. The molecule has 1 aromatic rings. The molecule has 0 spiro atoms. The van der Waals surface area contributed by atoms with Crippen molar-refractivity contribution in [2.75, 3.05) is 13.7 Å². The lowest BCUT2D eigenvalue weighted by Crippen LogP contribution is -2.27. The van der Waals surface area contributed by atoms with Crippen LogP contribution in [0.5, 0.6) is 5.75 Å². The van der Waals surface area contributed by atoms with Gasteiger partial charge >= 0.3 is 5.97 Å². The van der Waals surface area contributed by atoms with E-state index in [0.29, 0.717) is 6.61 Å². The van der Waals surface area contributed by atoms with Crippen LogP contribution in [0, 0.1) is 0 Å². The molecule has 1 amide bonds. The van der Waals surface area contributed by atoms with E-state index >= 15 is 0 Å². The van der Waals surface area contributed by atoms with E-state index in [4.69, 9.17) is 9.47 Å². The minimum atomic E-state index is -0.354. The molecule has 0 radical (unpaired) electrons. The summed E-state index contributed by atoms with van der Waals surface area (Å²) in [5, 5.41) is 2.84. The van der Waals surface area contributed by atoms with E-state index in [1.54, 1.807) is 14.0 Å². The number of ether oxygens (including phenoxy) is 2. The number of hydrogen-bond donors (Lipinski definition) is 1. The lowest BCUT2D eigenvalue weighted by atomic mass is 10.1. The van der Waals surface area contributed by atoms with Gasteiger partial charge in [-0.05, 0) is 19.9 Å². The first-order valence-corrected chi connectivity index (χ1v) is 6.66. The van der Waals surface area contributed by atoms with Gasteiger partial charge in [0.25, 0.3) is 0 Å². The van der Waals surface area contributed by atoms with Gasteiger partial charge in [-0.15, -0.1) is 0 Å². The summed E-state index contributed by atoms with van der Waals surface area (Å²) in [4.78, 5) is 23.0. The fourth-order valence-electron chi connectivity index (χ4n) is 1.86. The molecule has 0 unspecified atom stereocenters. The highest BCUT2D eigenvalue weighted by atomic mass is 16.5. The number of para-hydroxylation sites is 1. The van der Waals surface area contributed by atoms with Crippen molar-refractivity contribution in [3.63, 3.8) is 0 Å². The summed E-state index contributed by atoms with van der Waals surface area (Å²) >= 11 is 0. The van der Waals surface area contributed by atoms with Gasteiger partial charge in [-0.1, -0.05) is 18.2 Å². The van der Waals surface area contributed by atoms with Crippen LogP contribution in [-0.2, 0) is 14.3 Å². The van der Waals surface area contributed by atoms with E-state index in [-0.39, 0.29) is 30.8 Å². The second-order valence-corrected chi connectivity index (χ2v) is 4.34. The first-order valence-electron chi connectivity index (χ1n) is 6.66. The van der Waals surface area contributed by atoms with Crippen LogP contribution in [0.25, 0.3) is 0 Å². The monoisotopic (exact) mass is 279 g/mol. The van der Waals surface area contributed by atoms with Crippen molar-refractivity contribution in [1.82, 2.24) is 5.32 Å². The fraction of sp³-hybridized carbons (Fsp3) is 0.467. The molecule has 0 bridgehead atoms. The highest BCUT2D eigenvalue weighted by Crippen LogP contribution is 2.24. The summed E-state index contributed by atoms with van der Waals surface area (Å²) < 4.78 is 10.0. The van der Waals surface area contributed by atoms with Crippen LogP contribution >= 0.6 is 0 Å². The number of benzene rings is 1. The maximum Gasteiger partial charge on any atom is 0.306 e. The van der Waals surface area contributed by atoms with Gasteiger partial charge in [-0.3, -0.25) is 9.59 Å². The van der Waals surface area contributed by atoms with E-state index in [2.05, 4.69) is 5.32 Å². The molecule has 0 aliphatic carbocycles. The van der Waals surface area contributed by atoms with Crippen molar-refractivity contribution in [3.8, 4) is 5.75 Å². The second-order valence-electron chi connectivity index (χ2n) is 4.34. The summed E-state index contributed by atoms with van der Waals surface area (Å²) in [6.45, 7) is 3.94. The van der Waals surface area contributed by atoms with E-state index in [0.717, 1.165) is 11.3 Å². The number of nitrogens with one attached hydrogen (secondary N) is 1. The van der Waals surface area contributed by atoms with Crippen LogP contribution < -0.4 is 10.1 Å². The molecule has 0 heterocycles. The van der Waals surface area contributed by atoms with Crippen LogP contribution in [0.4, 0.5) is 0 Å². The van der Waals surface area contributed by atoms with Gasteiger partial charge in [-0.25, -0.2) is 0 Å².